The Hall–Kier alpha value is -2.94. The minimum atomic E-state index is -1.09. The average Bonchev–Trinajstić information content (AvgIpc) is 3.15. The molecule has 0 saturated carbocycles. The highest BCUT2D eigenvalue weighted by atomic mass is 16.5. The Labute approximate surface area is 174 Å². The lowest BCUT2D eigenvalue weighted by Crippen LogP contribution is -2.54. The van der Waals surface area contributed by atoms with Gasteiger partial charge in [-0.3, -0.25) is 19.3 Å². The second kappa shape index (κ2) is 9.71. The van der Waals surface area contributed by atoms with Crippen molar-refractivity contribution in [3.8, 4) is 0 Å². The quantitative estimate of drug-likeness (QED) is 0.551. The van der Waals surface area contributed by atoms with Crippen LogP contribution < -0.4 is 15.5 Å². The number of nitrogens with zero attached hydrogens (tertiary/aromatic N) is 1. The van der Waals surface area contributed by atoms with Crippen molar-refractivity contribution >= 4 is 29.4 Å². The lowest BCUT2D eigenvalue weighted by atomic mass is 9.96. The molecule has 2 amide bonds. The number of hydrogen-bond acceptors (Lipinski definition) is 6. The Balaban J connectivity index is 1.81. The molecule has 1 fully saturated rings. The number of carbonyl (C=O) groups excluding carboxylic acids is 3. The van der Waals surface area contributed by atoms with Gasteiger partial charge in [0.25, 0.3) is 0 Å². The van der Waals surface area contributed by atoms with Gasteiger partial charge >= 0.3 is 11.9 Å². The van der Waals surface area contributed by atoms with Crippen LogP contribution in [0, 0.1) is 5.92 Å². The van der Waals surface area contributed by atoms with E-state index in [0.29, 0.717) is 24.9 Å². The van der Waals surface area contributed by atoms with Crippen LogP contribution in [0.15, 0.2) is 24.3 Å². The molecule has 1 saturated heterocycles. The third-order valence-electron chi connectivity index (χ3n) is 5.65. The van der Waals surface area contributed by atoms with E-state index in [1.807, 2.05) is 24.3 Å². The summed E-state index contributed by atoms with van der Waals surface area (Å²) in [5, 5.41) is 14.8. The number of carbonyl (C=O) groups is 4. The summed E-state index contributed by atoms with van der Waals surface area (Å²) in [6.45, 7) is 1.50. The number of piperidine rings is 1. The number of fused-ring (bicyclic) bond motifs is 1. The second-order valence-corrected chi connectivity index (χ2v) is 7.60. The van der Waals surface area contributed by atoms with Gasteiger partial charge < -0.3 is 20.5 Å². The number of hydrogen-bond donors (Lipinski definition) is 3. The summed E-state index contributed by atoms with van der Waals surface area (Å²) in [6, 6.07) is 5.51. The summed E-state index contributed by atoms with van der Waals surface area (Å²) in [5.41, 5.74) is 1.60. The zero-order valence-corrected chi connectivity index (χ0v) is 16.9. The van der Waals surface area contributed by atoms with Gasteiger partial charge in [0.1, 0.15) is 12.1 Å². The first-order valence-electron chi connectivity index (χ1n) is 10.1. The van der Waals surface area contributed by atoms with Crippen LogP contribution in [0.1, 0.15) is 31.2 Å². The number of anilines is 1. The van der Waals surface area contributed by atoms with Crippen LogP contribution in [0.4, 0.5) is 5.69 Å². The summed E-state index contributed by atoms with van der Waals surface area (Å²) in [5.74, 6) is -2.54. The van der Waals surface area contributed by atoms with E-state index in [9.17, 15) is 19.2 Å². The van der Waals surface area contributed by atoms with Gasteiger partial charge in [-0.1, -0.05) is 18.2 Å². The van der Waals surface area contributed by atoms with Crippen LogP contribution in [-0.2, 0) is 30.3 Å². The van der Waals surface area contributed by atoms with Gasteiger partial charge in [-0.05, 0) is 44.0 Å². The maximum absolute atomic E-state index is 13.3. The van der Waals surface area contributed by atoms with Gasteiger partial charge in [-0.2, -0.15) is 0 Å². The molecule has 1 aromatic carbocycles. The van der Waals surface area contributed by atoms with Gasteiger partial charge in [0, 0.05) is 24.4 Å². The number of amides is 2. The Morgan fingerprint density at radius 2 is 1.93 bits per heavy atom. The lowest BCUT2D eigenvalue weighted by molar-refractivity contribution is -0.146. The highest BCUT2D eigenvalue weighted by molar-refractivity contribution is 6.05. The number of para-hydroxylation sites is 1. The third-order valence-corrected chi connectivity index (χ3v) is 5.65. The number of carboxylic acids is 1. The number of benzene rings is 1. The zero-order chi connectivity index (χ0) is 21.7. The van der Waals surface area contributed by atoms with E-state index in [2.05, 4.69) is 10.6 Å². The number of aliphatic carboxylic acids is 1. The number of esters is 1. The number of carboxylic acid groups (broad SMARTS) is 1. The van der Waals surface area contributed by atoms with Crippen molar-refractivity contribution in [1.82, 2.24) is 10.6 Å². The van der Waals surface area contributed by atoms with Crippen molar-refractivity contribution in [1.29, 1.82) is 0 Å². The summed E-state index contributed by atoms with van der Waals surface area (Å²) >= 11 is 0. The van der Waals surface area contributed by atoms with Crippen LogP contribution in [0.25, 0.3) is 0 Å². The van der Waals surface area contributed by atoms with Crippen molar-refractivity contribution in [2.75, 3.05) is 25.1 Å². The predicted octanol–water partition coefficient (Wildman–Crippen LogP) is 0.467. The monoisotopic (exact) mass is 417 g/mol. The van der Waals surface area contributed by atoms with Crippen LogP contribution in [0.2, 0.25) is 0 Å². The van der Waals surface area contributed by atoms with Gasteiger partial charge in [-0.15, -0.1) is 0 Å². The molecule has 9 nitrogen and oxygen atoms in total. The van der Waals surface area contributed by atoms with Gasteiger partial charge in [0.2, 0.25) is 11.8 Å². The second-order valence-electron chi connectivity index (χ2n) is 7.60. The molecule has 2 heterocycles. The maximum atomic E-state index is 13.3. The molecular formula is C21H27N3O6. The summed E-state index contributed by atoms with van der Waals surface area (Å²) in [6.07, 6.45) is 1.37. The fourth-order valence-electron chi connectivity index (χ4n) is 4.06. The lowest BCUT2D eigenvalue weighted by Gasteiger charge is -2.31. The van der Waals surface area contributed by atoms with Crippen molar-refractivity contribution in [3.05, 3.63) is 29.8 Å². The topological polar surface area (TPSA) is 125 Å². The molecule has 2 aliphatic heterocycles. The van der Waals surface area contributed by atoms with E-state index < -0.39 is 29.9 Å². The Morgan fingerprint density at radius 3 is 2.60 bits per heavy atom. The zero-order valence-electron chi connectivity index (χ0n) is 16.9. The van der Waals surface area contributed by atoms with E-state index in [0.717, 1.165) is 18.7 Å². The number of rotatable bonds is 7. The normalized spacial score (nSPS) is 19.6. The molecule has 0 spiro atoms. The first-order valence-corrected chi connectivity index (χ1v) is 10.1. The highest BCUT2D eigenvalue weighted by Crippen LogP contribution is 2.34. The molecule has 1 aromatic rings. The predicted molar refractivity (Wildman–Crippen MR) is 108 cm³/mol. The molecule has 0 aromatic heterocycles. The fourth-order valence-corrected chi connectivity index (χ4v) is 4.06. The number of nitrogens with one attached hydrogen (secondary N) is 2. The van der Waals surface area contributed by atoms with Crippen molar-refractivity contribution in [3.63, 3.8) is 0 Å². The molecule has 0 radical (unpaired) electrons. The smallest absolute Gasteiger partial charge is 0.328 e. The molecule has 0 unspecified atom stereocenters. The third kappa shape index (κ3) is 4.79. The Morgan fingerprint density at radius 1 is 1.23 bits per heavy atom. The first kappa shape index (κ1) is 21.8. The van der Waals surface area contributed by atoms with E-state index in [4.69, 9.17) is 9.84 Å². The highest BCUT2D eigenvalue weighted by Gasteiger charge is 2.41. The molecule has 0 aliphatic carbocycles. The standard InChI is InChI=1S/C21H27N3O6/c1-30-21(29)15(6-7-18(25)26)23-19(27)17-12-14-4-2-3-5-16(14)24(17)20(28)13-8-10-22-11-9-13/h2-5,13,15,17,22H,6-12H2,1H3,(H,23,27)(H,25,26)/t15-,17-/m0/s1. The van der Waals surface area contributed by atoms with Crippen LogP contribution in [0.5, 0.6) is 0 Å². The molecule has 3 rings (SSSR count). The van der Waals surface area contributed by atoms with E-state index >= 15 is 0 Å². The first-order chi connectivity index (χ1) is 14.4. The van der Waals surface area contributed by atoms with Crippen molar-refractivity contribution in [2.45, 2.75) is 44.2 Å². The van der Waals surface area contributed by atoms with Gasteiger partial charge in [0.15, 0.2) is 0 Å². The molecule has 9 heteroatoms. The largest absolute Gasteiger partial charge is 0.481 e. The maximum Gasteiger partial charge on any atom is 0.328 e. The van der Waals surface area contributed by atoms with E-state index in [1.165, 1.54) is 7.11 Å². The molecule has 0 bridgehead atoms. The van der Waals surface area contributed by atoms with Crippen molar-refractivity contribution < 1.29 is 29.0 Å². The molecule has 3 N–H and O–H groups in total. The van der Waals surface area contributed by atoms with Gasteiger partial charge in [0.05, 0.1) is 7.11 Å². The van der Waals surface area contributed by atoms with E-state index in [1.54, 1.807) is 4.90 Å². The van der Waals surface area contributed by atoms with Crippen LogP contribution >= 0.6 is 0 Å². The Bertz CT molecular complexity index is 821. The number of ether oxygens (including phenoxy) is 1. The summed E-state index contributed by atoms with van der Waals surface area (Å²) in [4.78, 5) is 50.9. The minimum absolute atomic E-state index is 0.0876. The fraction of sp³-hybridized carbons (Fsp3) is 0.524. The molecule has 2 aliphatic rings. The average molecular weight is 417 g/mol. The minimum Gasteiger partial charge on any atom is -0.481 e. The summed E-state index contributed by atoms with van der Waals surface area (Å²) in [7, 11) is 1.18. The Kier molecular flexibility index (Phi) is 7.04. The molecule has 2 atom stereocenters. The SMILES string of the molecule is COC(=O)[C@H](CCC(=O)O)NC(=O)[C@@H]1Cc2ccccc2N1C(=O)C1CCNCC1. The van der Waals surface area contributed by atoms with Gasteiger partial charge in [-0.25, -0.2) is 4.79 Å². The molecule has 162 valence electrons. The molecular weight excluding hydrogens is 390 g/mol. The molecule has 30 heavy (non-hydrogen) atoms. The number of methoxy groups -OCH3 is 1. The van der Waals surface area contributed by atoms with Crippen LogP contribution in [0.3, 0.4) is 0 Å². The van der Waals surface area contributed by atoms with E-state index in [-0.39, 0.29) is 24.7 Å². The van der Waals surface area contributed by atoms with Crippen LogP contribution in [-0.4, -0.2) is 61.1 Å². The summed E-state index contributed by atoms with van der Waals surface area (Å²) < 4.78 is 4.71. The van der Waals surface area contributed by atoms with Crippen molar-refractivity contribution in [2.24, 2.45) is 5.92 Å².